The van der Waals surface area contributed by atoms with Crippen molar-refractivity contribution in [3.8, 4) is 0 Å². The van der Waals surface area contributed by atoms with E-state index in [0.29, 0.717) is 25.2 Å². The van der Waals surface area contributed by atoms with Crippen LogP contribution < -0.4 is 11.2 Å². The van der Waals surface area contributed by atoms with Crippen LogP contribution in [-0.4, -0.2) is 45.4 Å². The van der Waals surface area contributed by atoms with Crippen LogP contribution in [0.25, 0.3) is 0 Å². The van der Waals surface area contributed by atoms with Crippen molar-refractivity contribution in [1.82, 2.24) is 14.5 Å². The molecule has 24 heavy (non-hydrogen) atoms. The average Bonchev–Trinajstić information content (AvgIpc) is 2.58. The third kappa shape index (κ3) is 3.64. The van der Waals surface area contributed by atoms with Crippen LogP contribution in [0.4, 0.5) is 0 Å². The number of aliphatic hydroxyl groups excluding tert-OH is 1. The van der Waals surface area contributed by atoms with Crippen molar-refractivity contribution >= 4 is 0 Å². The number of rotatable bonds is 4. The van der Waals surface area contributed by atoms with Gasteiger partial charge in [0.15, 0.2) is 6.23 Å². The molecule has 0 spiro atoms. The molecule has 1 aliphatic rings. The van der Waals surface area contributed by atoms with Crippen molar-refractivity contribution in [3.05, 3.63) is 68.5 Å². The highest BCUT2D eigenvalue weighted by molar-refractivity contribution is 5.14. The van der Waals surface area contributed by atoms with Gasteiger partial charge < -0.3 is 9.84 Å². The lowest BCUT2D eigenvalue weighted by molar-refractivity contribution is -0.138. The number of nitrogens with one attached hydrogen (secondary N) is 1. The number of aryl methyl sites for hydroxylation is 1. The molecule has 2 aromatic rings. The maximum Gasteiger partial charge on any atom is 0.330 e. The van der Waals surface area contributed by atoms with E-state index in [1.807, 2.05) is 30.3 Å². The SMILES string of the molecule is Cc1cn(C2CN(Cc3ccccc3)CC(CO)O2)c(=O)[nH]c1=O. The van der Waals surface area contributed by atoms with Gasteiger partial charge in [-0.05, 0) is 12.5 Å². The second kappa shape index (κ2) is 7.12. The van der Waals surface area contributed by atoms with Gasteiger partial charge in [0.05, 0.1) is 12.7 Å². The lowest BCUT2D eigenvalue weighted by Crippen LogP contribution is -2.49. The summed E-state index contributed by atoms with van der Waals surface area (Å²) in [6.07, 6.45) is 0.570. The molecular weight excluding hydrogens is 310 g/mol. The van der Waals surface area contributed by atoms with E-state index in [1.54, 1.807) is 6.92 Å². The molecule has 1 aromatic carbocycles. The van der Waals surface area contributed by atoms with Gasteiger partial charge in [-0.25, -0.2) is 4.79 Å². The molecule has 0 radical (unpaired) electrons. The van der Waals surface area contributed by atoms with E-state index >= 15 is 0 Å². The Morgan fingerprint density at radius 1 is 1.25 bits per heavy atom. The number of nitrogens with zero attached hydrogens (tertiary/aromatic N) is 2. The minimum Gasteiger partial charge on any atom is -0.394 e. The van der Waals surface area contributed by atoms with Gasteiger partial charge in [-0.3, -0.25) is 19.2 Å². The summed E-state index contributed by atoms with van der Waals surface area (Å²) in [6.45, 7) is 3.30. The first kappa shape index (κ1) is 16.6. The first-order valence-corrected chi connectivity index (χ1v) is 7.91. The zero-order valence-corrected chi connectivity index (χ0v) is 13.5. The van der Waals surface area contributed by atoms with Crippen molar-refractivity contribution in [2.24, 2.45) is 0 Å². The third-order valence-electron chi connectivity index (χ3n) is 4.13. The maximum atomic E-state index is 12.1. The Morgan fingerprint density at radius 2 is 2.00 bits per heavy atom. The van der Waals surface area contributed by atoms with Gasteiger partial charge in [0.2, 0.25) is 0 Å². The highest BCUT2D eigenvalue weighted by Gasteiger charge is 2.29. The van der Waals surface area contributed by atoms with Crippen LogP contribution in [0.2, 0.25) is 0 Å². The summed E-state index contributed by atoms with van der Waals surface area (Å²) in [6, 6.07) is 9.99. The van der Waals surface area contributed by atoms with Crippen molar-refractivity contribution in [2.45, 2.75) is 25.8 Å². The standard InChI is InChI=1S/C17H21N3O4/c1-12-7-20(17(23)18-16(12)22)15-10-19(9-14(11-21)24-15)8-13-5-3-2-4-6-13/h2-7,14-15,21H,8-11H2,1H3,(H,18,22,23). The van der Waals surface area contributed by atoms with Crippen LogP contribution in [-0.2, 0) is 11.3 Å². The highest BCUT2D eigenvalue weighted by atomic mass is 16.5. The third-order valence-corrected chi connectivity index (χ3v) is 4.13. The van der Waals surface area contributed by atoms with E-state index in [2.05, 4.69) is 9.88 Å². The lowest BCUT2D eigenvalue weighted by atomic mass is 10.2. The topological polar surface area (TPSA) is 87.6 Å². The lowest BCUT2D eigenvalue weighted by Gasteiger charge is -2.38. The molecule has 7 heteroatoms. The summed E-state index contributed by atoms with van der Waals surface area (Å²) >= 11 is 0. The van der Waals surface area contributed by atoms with Gasteiger partial charge in [-0.15, -0.1) is 0 Å². The molecule has 1 fully saturated rings. The van der Waals surface area contributed by atoms with Crippen LogP contribution in [0.5, 0.6) is 0 Å². The number of ether oxygens (including phenoxy) is 1. The molecular formula is C17H21N3O4. The quantitative estimate of drug-likeness (QED) is 0.838. The van der Waals surface area contributed by atoms with E-state index in [-0.39, 0.29) is 12.7 Å². The summed E-state index contributed by atoms with van der Waals surface area (Å²) in [5.41, 5.74) is 0.694. The number of aromatic amines is 1. The number of aliphatic hydroxyl groups is 1. The maximum absolute atomic E-state index is 12.1. The Labute approximate surface area is 139 Å². The molecule has 1 aliphatic heterocycles. The van der Waals surface area contributed by atoms with Crippen LogP contribution in [0.1, 0.15) is 17.4 Å². The van der Waals surface area contributed by atoms with Crippen LogP contribution in [0, 0.1) is 6.92 Å². The van der Waals surface area contributed by atoms with Gasteiger partial charge in [0, 0.05) is 31.4 Å². The Hall–Kier alpha value is -2.22. The predicted molar refractivity (Wildman–Crippen MR) is 88.8 cm³/mol. The minimum absolute atomic E-state index is 0.126. The fourth-order valence-electron chi connectivity index (χ4n) is 2.92. The second-order valence-electron chi connectivity index (χ2n) is 6.05. The summed E-state index contributed by atoms with van der Waals surface area (Å²) < 4.78 is 7.20. The summed E-state index contributed by atoms with van der Waals surface area (Å²) in [5, 5.41) is 9.51. The van der Waals surface area contributed by atoms with Gasteiger partial charge in [0.25, 0.3) is 5.56 Å². The van der Waals surface area contributed by atoms with E-state index in [1.165, 1.54) is 10.8 Å². The molecule has 1 aromatic heterocycles. The van der Waals surface area contributed by atoms with E-state index in [4.69, 9.17) is 4.74 Å². The Bertz CT molecular complexity index is 799. The Balaban J connectivity index is 1.84. The monoisotopic (exact) mass is 331 g/mol. The minimum atomic E-state index is -0.553. The molecule has 2 N–H and O–H groups in total. The Kier molecular flexibility index (Phi) is 4.94. The fourth-order valence-corrected chi connectivity index (χ4v) is 2.92. The first-order chi connectivity index (χ1) is 11.6. The van der Waals surface area contributed by atoms with Crippen molar-refractivity contribution in [3.63, 3.8) is 0 Å². The summed E-state index contributed by atoms with van der Waals surface area (Å²) in [4.78, 5) is 28.1. The van der Waals surface area contributed by atoms with Crippen LogP contribution >= 0.6 is 0 Å². The molecule has 2 unspecified atom stereocenters. The van der Waals surface area contributed by atoms with Gasteiger partial charge in [-0.1, -0.05) is 30.3 Å². The first-order valence-electron chi connectivity index (χ1n) is 7.91. The number of hydrogen-bond acceptors (Lipinski definition) is 5. The molecule has 2 atom stereocenters. The molecule has 0 bridgehead atoms. The van der Waals surface area contributed by atoms with E-state index in [9.17, 15) is 14.7 Å². The number of benzene rings is 1. The van der Waals surface area contributed by atoms with Crippen molar-refractivity contribution in [2.75, 3.05) is 19.7 Å². The molecule has 1 saturated heterocycles. The zero-order valence-electron chi connectivity index (χ0n) is 13.5. The smallest absolute Gasteiger partial charge is 0.330 e. The molecule has 0 aliphatic carbocycles. The zero-order chi connectivity index (χ0) is 17.1. The predicted octanol–water partition coefficient (Wildman–Crippen LogP) is 0.237. The fraction of sp³-hybridized carbons (Fsp3) is 0.412. The molecule has 0 amide bonds. The number of H-pyrrole nitrogens is 1. The van der Waals surface area contributed by atoms with Gasteiger partial charge in [0.1, 0.15) is 0 Å². The summed E-state index contributed by atoms with van der Waals surface area (Å²) in [5.74, 6) is 0. The van der Waals surface area contributed by atoms with E-state index < -0.39 is 17.5 Å². The molecule has 0 saturated carbocycles. The number of hydrogen-bond donors (Lipinski definition) is 2. The van der Waals surface area contributed by atoms with Crippen LogP contribution in [0.15, 0.2) is 46.1 Å². The summed E-state index contributed by atoms with van der Waals surface area (Å²) in [7, 11) is 0. The highest BCUT2D eigenvalue weighted by Crippen LogP contribution is 2.20. The molecule has 3 rings (SSSR count). The molecule has 2 heterocycles. The van der Waals surface area contributed by atoms with Gasteiger partial charge in [-0.2, -0.15) is 0 Å². The molecule has 7 nitrogen and oxygen atoms in total. The molecule has 128 valence electrons. The van der Waals surface area contributed by atoms with Crippen molar-refractivity contribution in [1.29, 1.82) is 0 Å². The van der Waals surface area contributed by atoms with Crippen LogP contribution in [0.3, 0.4) is 0 Å². The normalized spacial score (nSPS) is 21.8. The van der Waals surface area contributed by atoms with Gasteiger partial charge >= 0.3 is 5.69 Å². The average molecular weight is 331 g/mol. The number of aromatic nitrogens is 2. The second-order valence-corrected chi connectivity index (χ2v) is 6.05. The largest absolute Gasteiger partial charge is 0.394 e. The number of morpholine rings is 1. The van der Waals surface area contributed by atoms with E-state index in [0.717, 1.165) is 5.56 Å². The Morgan fingerprint density at radius 3 is 2.71 bits per heavy atom. The van der Waals surface area contributed by atoms with Crippen molar-refractivity contribution < 1.29 is 9.84 Å².